The van der Waals surface area contributed by atoms with Gasteiger partial charge >= 0.3 is 0 Å². The second-order valence-corrected chi connectivity index (χ2v) is 6.40. The molecule has 1 saturated heterocycles. The Morgan fingerprint density at radius 1 is 1.33 bits per heavy atom. The maximum atomic E-state index is 13.0. The monoisotopic (exact) mass is 271 g/mol. The molecule has 1 unspecified atom stereocenters. The summed E-state index contributed by atoms with van der Waals surface area (Å²) in [5, 5.41) is 3.76. The molecule has 2 nitrogen and oxygen atoms in total. The Morgan fingerprint density at radius 2 is 2.00 bits per heavy atom. The minimum Gasteiger partial charge on any atom is -0.378 e. The average Bonchev–Trinajstić information content (AvgIpc) is 2.39. The van der Waals surface area contributed by atoms with E-state index >= 15 is 0 Å². The summed E-state index contributed by atoms with van der Waals surface area (Å²) in [5.41, 5.74) is 0.312. The number of halogens is 2. The van der Waals surface area contributed by atoms with Gasteiger partial charge in [0.05, 0.1) is 28.0 Å². The fraction of sp³-hybridized carbons (Fsp3) is 0.571. The van der Waals surface area contributed by atoms with Gasteiger partial charge in [0.2, 0.25) is 0 Å². The van der Waals surface area contributed by atoms with Crippen LogP contribution in [0.15, 0.2) is 18.2 Å². The van der Waals surface area contributed by atoms with Crippen molar-refractivity contribution in [1.29, 1.82) is 0 Å². The highest BCUT2D eigenvalue weighted by Gasteiger charge is 2.45. The fourth-order valence-corrected chi connectivity index (χ4v) is 2.80. The molecule has 0 bridgehead atoms. The van der Waals surface area contributed by atoms with Crippen LogP contribution in [0.5, 0.6) is 0 Å². The highest BCUT2D eigenvalue weighted by atomic mass is 35.5. The number of benzene rings is 1. The Hall–Kier alpha value is -0.800. The van der Waals surface area contributed by atoms with Gasteiger partial charge in [0.1, 0.15) is 5.82 Å². The van der Waals surface area contributed by atoms with Gasteiger partial charge in [-0.25, -0.2) is 4.39 Å². The Labute approximate surface area is 112 Å². The summed E-state index contributed by atoms with van der Waals surface area (Å²) in [6.45, 7) is 8.25. The van der Waals surface area contributed by atoms with Gasteiger partial charge in [-0.1, -0.05) is 11.6 Å². The predicted molar refractivity (Wildman–Crippen MR) is 72.7 cm³/mol. The number of rotatable bonds is 2. The normalized spacial score (nSPS) is 25.1. The predicted octanol–water partition coefficient (Wildman–Crippen LogP) is 4.24. The Morgan fingerprint density at radius 3 is 2.50 bits per heavy atom. The maximum Gasteiger partial charge on any atom is 0.124 e. The quantitative estimate of drug-likeness (QED) is 0.869. The zero-order chi connectivity index (χ0) is 13.6. The largest absolute Gasteiger partial charge is 0.378 e. The lowest BCUT2D eigenvalue weighted by molar-refractivity contribution is -0.0662. The second kappa shape index (κ2) is 4.39. The molecule has 1 aliphatic rings. The van der Waals surface area contributed by atoms with E-state index in [0.29, 0.717) is 5.02 Å². The third-order valence-electron chi connectivity index (χ3n) is 3.34. The molecule has 0 aromatic heterocycles. The van der Waals surface area contributed by atoms with Crippen LogP contribution in [-0.2, 0) is 4.74 Å². The van der Waals surface area contributed by atoms with Crippen molar-refractivity contribution in [2.24, 2.45) is 0 Å². The SMILES string of the molecule is CC1(C)CC(Nc2ccc(F)cc2Cl)C(C)(C)O1. The minimum atomic E-state index is -0.326. The van der Waals surface area contributed by atoms with Crippen molar-refractivity contribution in [3.63, 3.8) is 0 Å². The summed E-state index contributed by atoms with van der Waals surface area (Å²) in [6.07, 6.45) is 0.883. The van der Waals surface area contributed by atoms with Crippen molar-refractivity contribution in [3.05, 3.63) is 29.0 Å². The molecule has 1 aromatic carbocycles. The van der Waals surface area contributed by atoms with Crippen molar-refractivity contribution in [2.75, 3.05) is 5.32 Å². The van der Waals surface area contributed by atoms with E-state index in [4.69, 9.17) is 16.3 Å². The first-order valence-electron chi connectivity index (χ1n) is 6.11. The van der Waals surface area contributed by atoms with E-state index in [1.165, 1.54) is 12.1 Å². The molecule has 1 atom stereocenters. The first kappa shape index (κ1) is 13.6. The van der Waals surface area contributed by atoms with Crippen LogP contribution in [0.2, 0.25) is 5.02 Å². The van der Waals surface area contributed by atoms with Crippen molar-refractivity contribution in [3.8, 4) is 0 Å². The molecular weight excluding hydrogens is 253 g/mol. The third-order valence-corrected chi connectivity index (χ3v) is 3.65. The lowest BCUT2D eigenvalue weighted by Crippen LogP contribution is -2.38. The summed E-state index contributed by atoms with van der Waals surface area (Å²) in [4.78, 5) is 0. The third kappa shape index (κ3) is 2.78. The lowest BCUT2D eigenvalue weighted by atomic mass is 9.94. The standard InChI is InChI=1S/C14H19ClFNO/c1-13(2)8-12(14(3,4)18-13)17-11-6-5-9(16)7-10(11)15/h5-7,12,17H,8H2,1-4H3. The number of anilines is 1. The topological polar surface area (TPSA) is 21.3 Å². The Bertz CT molecular complexity index is 459. The summed E-state index contributed by atoms with van der Waals surface area (Å²) < 4.78 is 19.0. The van der Waals surface area contributed by atoms with E-state index in [0.717, 1.165) is 12.1 Å². The molecule has 1 aromatic rings. The van der Waals surface area contributed by atoms with Crippen molar-refractivity contribution in [1.82, 2.24) is 0 Å². The zero-order valence-corrected chi connectivity index (χ0v) is 11.9. The van der Waals surface area contributed by atoms with Crippen LogP contribution in [0.25, 0.3) is 0 Å². The molecule has 2 rings (SSSR count). The van der Waals surface area contributed by atoms with Crippen LogP contribution in [0, 0.1) is 5.82 Å². The Kier molecular flexibility index (Phi) is 3.32. The van der Waals surface area contributed by atoms with Crippen molar-refractivity contribution < 1.29 is 9.13 Å². The van der Waals surface area contributed by atoms with Crippen LogP contribution in [0.4, 0.5) is 10.1 Å². The average molecular weight is 272 g/mol. The van der Waals surface area contributed by atoms with Gasteiger partial charge in [0.15, 0.2) is 0 Å². The van der Waals surface area contributed by atoms with Crippen LogP contribution in [0.1, 0.15) is 34.1 Å². The Balaban J connectivity index is 2.19. The summed E-state index contributed by atoms with van der Waals surface area (Å²) >= 11 is 6.03. The number of nitrogens with one attached hydrogen (secondary N) is 1. The van der Waals surface area contributed by atoms with Crippen molar-refractivity contribution >= 4 is 17.3 Å². The van der Waals surface area contributed by atoms with Crippen LogP contribution in [-0.4, -0.2) is 17.2 Å². The second-order valence-electron chi connectivity index (χ2n) is 5.99. The first-order valence-corrected chi connectivity index (χ1v) is 6.49. The van der Waals surface area contributed by atoms with Gasteiger partial charge in [-0.05, 0) is 52.3 Å². The van der Waals surface area contributed by atoms with Gasteiger partial charge in [-0.15, -0.1) is 0 Å². The smallest absolute Gasteiger partial charge is 0.124 e. The van der Waals surface area contributed by atoms with Crippen LogP contribution >= 0.6 is 11.6 Å². The van der Waals surface area contributed by atoms with Crippen LogP contribution in [0.3, 0.4) is 0 Å². The number of hydrogen-bond acceptors (Lipinski definition) is 2. The van der Waals surface area contributed by atoms with Gasteiger partial charge in [-0.3, -0.25) is 0 Å². The maximum absolute atomic E-state index is 13.0. The van der Waals surface area contributed by atoms with E-state index in [1.54, 1.807) is 6.07 Å². The molecule has 100 valence electrons. The molecular formula is C14H19ClFNO. The van der Waals surface area contributed by atoms with E-state index in [2.05, 4.69) is 33.0 Å². The molecule has 18 heavy (non-hydrogen) atoms. The van der Waals surface area contributed by atoms with E-state index in [9.17, 15) is 4.39 Å². The molecule has 0 saturated carbocycles. The molecule has 0 aliphatic carbocycles. The molecule has 1 heterocycles. The number of ether oxygens (including phenoxy) is 1. The molecule has 4 heteroatoms. The zero-order valence-electron chi connectivity index (χ0n) is 11.2. The van der Waals surface area contributed by atoms with Gasteiger partial charge in [0, 0.05) is 0 Å². The van der Waals surface area contributed by atoms with Crippen molar-refractivity contribution in [2.45, 2.75) is 51.4 Å². The minimum absolute atomic E-state index is 0.149. The number of hydrogen-bond donors (Lipinski definition) is 1. The van der Waals surface area contributed by atoms with E-state index in [-0.39, 0.29) is 23.1 Å². The van der Waals surface area contributed by atoms with Gasteiger partial charge < -0.3 is 10.1 Å². The first-order chi connectivity index (χ1) is 8.20. The molecule has 1 aliphatic heterocycles. The van der Waals surface area contributed by atoms with E-state index in [1.807, 2.05) is 0 Å². The fourth-order valence-electron chi connectivity index (χ4n) is 2.58. The van der Waals surface area contributed by atoms with Gasteiger partial charge in [-0.2, -0.15) is 0 Å². The highest BCUT2D eigenvalue weighted by Crippen LogP contribution is 2.39. The lowest BCUT2D eigenvalue weighted by Gasteiger charge is -2.28. The summed E-state index contributed by atoms with van der Waals surface area (Å²) in [7, 11) is 0. The van der Waals surface area contributed by atoms with E-state index < -0.39 is 0 Å². The molecule has 0 spiro atoms. The summed E-state index contributed by atoms with van der Waals surface area (Å²) in [5.74, 6) is -0.326. The van der Waals surface area contributed by atoms with Gasteiger partial charge in [0.25, 0.3) is 0 Å². The summed E-state index contributed by atoms with van der Waals surface area (Å²) in [6, 6.07) is 4.54. The molecule has 1 fully saturated rings. The molecule has 0 amide bonds. The highest BCUT2D eigenvalue weighted by molar-refractivity contribution is 6.33. The van der Waals surface area contributed by atoms with Crippen LogP contribution < -0.4 is 5.32 Å². The molecule has 0 radical (unpaired) electrons. The molecule has 1 N–H and O–H groups in total.